The maximum absolute atomic E-state index is 3.38. The van der Waals surface area contributed by atoms with Gasteiger partial charge >= 0.3 is 0 Å². The van der Waals surface area contributed by atoms with Crippen LogP contribution in [0.3, 0.4) is 0 Å². The van der Waals surface area contributed by atoms with Crippen molar-refractivity contribution in [1.29, 1.82) is 0 Å². The summed E-state index contributed by atoms with van der Waals surface area (Å²) in [5.74, 6) is 0. The molecule has 2 N–H and O–H groups in total. The zero-order valence-electron chi connectivity index (χ0n) is 6.59. The van der Waals surface area contributed by atoms with E-state index >= 15 is 0 Å². The Morgan fingerprint density at radius 3 is 3.08 bits per heavy atom. The lowest BCUT2D eigenvalue weighted by atomic mass is 10.1. The first-order valence-electron chi connectivity index (χ1n) is 4.11. The molecule has 1 aliphatic heterocycles. The first-order valence-corrected chi connectivity index (χ1v) is 4.11. The summed E-state index contributed by atoms with van der Waals surface area (Å²) >= 11 is 0. The average Bonchev–Trinajstić information content (AvgIpc) is 2.62. The third-order valence-corrected chi connectivity index (χ3v) is 2.35. The van der Waals surface area contributed by atoms with Gasteiger partial charge in [-0.3, -0.25) is 0 Å². The highest BCUT2D eigenvalue weighted by Gasteiger charge is 2.15. The van der Waals surface area contributed by atoms with E-state index in [1.807, 2.05) is 0 Å². The summed E-state index contributed by atoms with van der Waals surface area (Å²) in [4.78, 5) is 3.38. The smallest absolute Gasteiger partial charge is 0.0547 e. The number of hydrogen-bond acceptors (Lipinski definition) is 1. The molecule has 0 saturated carbocycles. The molecule has 0 unspecified atom stereocenters. The molecule has 1 aliphatic rings. The van der Waals surface area contributed by atoms with Gasteiger partial charge in [0.1, 0.15) is 0 Å². The number of rotatable bonds is 0. The molecule has 0 spiro atoms. The van der Waals surface area contributed by atoms with Crippen molar-refractivity contribution in [3.63, 3.8) is 0 Å². The number of aromatic amines is 1. The largest absolute Gasteiger partial charge is 0.357 e. The molecule has 0 bridgehead atoms. The molecule has 2 heterocycles. The molecule has 1 aromatic carbocycles. The van der Waals surface area contributed by atoms with Gasteiger partial charge in [0.05, 0.1) is 6.54 Å². The van der Waals surface area contributed by atoms with Gasteiger partial charge in [-0.1, -0.05) is 18.2 Å². The minimum Gasteiger partial charge on any atom is -0.357 e. The first kappa shape index (κ1) is 6.26. The zero-order chi connectivity index (χ0) is 7.97. The highest BCUT2D eigenvalue weighted by Crippen LogP contribution is 2.26. The van der Waals surface area contributed by atoms with Crippen molar-refractivity contribution >= 4 is 10.9 Å². The van der Waals surface area contributed by atoms with Crippen molar-refractivity contribution in [2.75, 3.05) is 0 Å². The fourth-order valence-electron chi connectivity index (χ4n) is 1.78. The Balaban J connectivity index is 2.44. The van der Waals surface area contributed by atoms with Crippen LogP contribution < -0.4 is 5.32 Å². The lowest BCUT2D eigenvalue weighted by Gasteiger charge is -1.91. The van der Waals surface area contributed by atoms with Crippen LogP contribution in [0, 0.1) is 6.54 Å². The average molecular weight is 157 g/mol. The molecule has 2 heteroatoms. The van der Waals surface area contributed by atoms with Crippen LogP contribution >= 0.6 is 0 Å². The summed E-state index contributed by atoms with van der Waals surface area (Å²) in [6.07, 6.45) is 0. The topological polar surface area (TPSA) is 27.8 Å². The lowest BCUT2D eigenvalue weighted by molar-refractivity contribution is 0.866. The van der Waals surface area contributed by atoms with Crippen LogP contribution in [0.15, 0.2) is 24.3 Å². The Kier molecular flexibility index (Phi) is 1.10. The second kappa shape index (κ2) is 2.11. The van der Waals surface area contributed by atoms with Gasteiger partial charge in [-0.05, 0) is 6.07 Å². The molecule has 0 saturated heterocycles. The van der Waals surface area contributed by atoms with E-state index in [2.05, 4.69) is 41.1 Å². The minimum absolute atomic E-state index is 0.935. The summed E-state index contributed by atoms with van der Waals surface area (Å²) in [7, 11) is 0. The van der Waals surface area contributed by atoms with E-state index in [-0.39, 0.29) is 0 Å². The van der Waals surface area contributed by atoms with Crippen LogP contribution in [0.2, 0.25) is 0 Å². The third kappa shape index (κ3) is 0.676. The molecule has 3 rings (SSSR count). The highest BCUT2D eigenvalue weighted by atomic mass is 14.9. The highest BCUT2D eigenvalue weighted by molar-refractivity contribution is 5.86. The van der Waals surface area contributed by atoms with Crippen molar-refractivity contribution < 1.29 is 0 Å². The molecular formula is C10H9N2. The molecule has 0 fully saturated rings. The molecule has 1 radical (unpaired) electrons. The molecule has 1 aromatic heterocycles. The number of fused-ring (bicyclic) bond motifs is 3. The Morgan fingerprint density at radius 1 is 1.17 bits per heavy atom. The van der Waals surface area contributed by atoms with E-state index in [9.17, 15) is 0 Å². The maximum atomic E-state index is 3.38. The van der Waals surface area contributed by atoms with Gasteiger partial charge < -0.3 is 10.3 Å². The van der Waals surface area contributed by atoms with Gasteiger partial charge in [-0.15, -0.1) is 0 Å². The number of hydrogen-bond donors (Lipinski definition) is 2. The van der Waals surface area contributed by atoms with Gasteiger partial charge in [-0.2, -0.15) is 0 Å². The Hall–Kier alpha value is -1.28. The van der Waals surface area contributed by atoms with Gasteiger partial charge in [0.25, 0.3) is 0 Å². The zero-order valence-corrected chi connectivity index (χ0v) is 6.59. The molecule has 0 aliphatic carbocycles. The number of benzene rings is 1. The Labute approximate surface area is 70.6 Å². The van der Waals surface area contributed by atoms with E-state index in [0.717, 1.165) is 6.54 Å². The molecule has 12 heavy (non-hydrogen) atoms. The second-order valence-electron chi connectivity index (χ2n) is 3.09. The Bertz CT molecular complexity index is 428. The predicted octanol–water partition coefficient (Wildman–Crippen LogP) is 1.78. The van der Waals surface area contributed by atoms with Crippen molar-refractivity contribution in [3.8, 4) is 0 Å². The lowest BCUT2D eigenvalue weighted by Crippen LogP contribution is -1.99. The predicted molar refractivity (Wildman–Crippen MR) is 48.5 cm³/mol. The van der Waals surface area contributed by atoms with Gasteiger partial charge in [-0.25, -0.2) is 0 Å². The van der Waals surface area contributed by atoms with Crippen molar-refractivity contribution in [3.05, 3.63) is 42.1 Å². The number of nitrogens with one attached hydrogen (secondary N) is 2. The van der Waals surface area contributed by atoms with Crippen molar-refractivity contribution in [2.45, 2.75) is 6.54 Å². The summed E-state index contributed by atoms with van der Waals surface area (Å²) in [6.45, 7) is 3.01. The number of H-pyrrole nitrogens is 1. The molecule has 0 atom stereocenters. The van der Waals surface area contributed by atoms with Crippen LogP contribution in [0.1, 0.15) is 11.3 Å². The van der Waals surface area contributed by atoms with Crippen molar-refractivity contribution in [2.24, 2.45) is 0 Å². The number of aromatic nitrogens is 1. The van der Waals surface area contributed by atoms with Crippen LogP contribution in [-0.4, -0.2) is 4.98 Å². The van der Waals surface area contributed by atoms with Crippen LogP contribution in [-0.2, 0) is 6.54 Å². The molecular weight excluding hydrogens is 148 g/mol. The molecule has 59 valence electrons. The molecule has 2 nitrogen and oxygen atoms in total. The normalized spacial score (nSPS) is 15.3. The second-order valence-corrected chi connectivity index (χ2v) is 3.09. The fraction of sp³-hybridized carbons (Fsp3) is 0.100. The summed E-state index contributed by atoms with van der Waals surface area (Å²) < 4.78 is 0. The minimum atomic E-state index is 0.935. The maximum Gasteiger partial charge on any atom is 0.0547 e. The van der Waals surface area contributed by atoms with E-state index in [1.165, 1.54) is 22.2 Å². The molecule has 2 aromatic rings. The van der Waals surface area contributed by atoms with Crippen LogP contribution in [0.25, 0.3) is 10.9 Å². The van der Waals surface area contributed by atoms with Crippen molar-refractivity contribution in [1.82, 2.24) is 10.3 Å². The quantitative estimate of drug-likeness (QED) is 0.599. The van der Waals surface area contributed by atoms with E-state index < -0.39 is 0 Å². The van der Waals surface area contributed by atoms with Crippen LogP contribution in [0.4, 0.5) is 0 Å². The summed E-state index contributed by atoms with van der Waals surface area (Å²) in [6, 6.07) is 8.39. The van der Waals surface area contributed by atoms with Gasteiger partial charge in [0, 0.05) is 28.7 Å². The van der Waals surface area contributed by atoms with Gasteiger partial charge in [0.15, 0.2) is 0 Å². The van der Waals surface area contributed by atoms with Crippen LogP contribution in [0.5, 0.6) is 0 Å². The summed E-state index contributed by atoms with van der Waals surface area (Å²) in [5, 5.41) is 4.52. The van der Waals surface area contributed by atoms with E-state index in [4.69, 9.17) is 0 Å². The SMILES string of the molecule is [CH]1NCc2[nH]c3ccccc3c21. The number of para-hydroxylation sites is 1. The van der Waals surface area contributed by atoms with E-state index in [0.29, 0.717) is 0 Å². The monoisotopic (exact) mass is 157 g/mol. The Morgan fingerprint density at radius 2 is 2.08 bits per heavy atom. The molecule has 0 amide bonds. The fourth-order valence-corrected chi connectivity index (χ4v) is 1.78. The van der Waals surface area contributed by atoms with E-state index in [1.54, 1.807) is 0 Å². The standard InChI is InChI=1S/C10H9N2/c1-2-4-9-7(3-1)8-5-11-6-10(8)12-9/h1-5,11-12H,6H2. The third-order valence-electron chi connectivity index (χ3n) is 2.35. The van der Waals surface area contributed by atoms with Gasteiger partial charge in [0.2, 0.25) is 0 Å². The first-order chi connectivity index (χ1) is 5.95. The summed E-state index contributed by atoms with van der Waals surface area (Å²) in [5.41, 5.74) is 3.86.